The molecule has 0 spiro atoms. The number of carbonyl (C=O) groups is 2. The number of nitrogens with one attached hydrogen (secondary N) is 1. The van der Waals surface area contributed by atoms with Gasteiger partial charge in [0.25, 0.3) is 5.91 Å². The zero-order valence-corrected chi connectivity index (χ0v) is 16.6. The van der Waals surface area contributed by atoms with E-state index in [0.29, 0.717) is 23.7 Å². The normalized spacial score (nSPS) is 15.6. The number of anilines is 2. The maximum atomic E-state index is 13.9. The van der Waals surface area contributed by atoms with Gasteiger partial charge in [-0.25, -0.2) is 4.39 Å². The molecule has 1 N–H and O–H groups in total. The highest BCUT2D eigenvalue weighted by atomic mass is 19.1. The molecule has 1 aliphatic heterocycles. The van der Waals surface area contributed by atoms with Crippen LogP contribution in [0.4, 0.5) is 15.8 Å². The third-order valence-corrected chi connectivity index (χ3v) is 4.59. The standard InChI is InChI=1S/C22H25FN2O3/c1-14(2)12-25-18-11-15(24-20(26)16-7-5-6-8-17(16)23)9-10-19(18)28-13-22(3,4)21(25)27/h5-11,14H,12-13H2,1-4H3,(H,24,26). The Kier molecular flexibility index (Phi) is 5.40. The second-order valence-electron chi connectivity index (χ2n) is 8.10. The molecule has 2 aromatic carbocycles. The van der Waals surface area contributed by atoms with E-state index in [0.717, 1.165) is 0 Å². The van der Waals surface area contributed by atoms with E-state index in [1.807, 2.05) is 27.7 Å². The predicted molar refractivity (Wildman–Crippen MR) is 107 cm³/mol. The smallest absolute Gasteiger partial charge is 0.258 e. The van der Waals surface area contributed by atoms with E-state index in [9.17, 15) is 14.0 Å². The molecule has 3 rings (SSSR count). The van der Waals surface area contributed by atoms with Crippen molar-refractivity contribution >= 4 is 23.2 Å². The molecule has 148 valence electrons. The molecular formula is C22H25FN2O3. The topological polar surface area (TPSA) is 58.6 Å². The summed E-state index contributed by atoms with van der Waals surface area (Å²) in [4.78, 5) is 27.2. The Morgan fingerprint density at radius 2 is 1.96 bits per heavy atom. The molecule has 0 fully saturated rings. The van der Waals surface area contributed by atoms with Gasteiger partial charge in [-0.05, 0) is 50.1 Å². The van der Waals surface area contributed by atoms with Crippen molar-refractivity contribution in [2.24, 2.45) is 11.3 Å². The van der Waals surface area contributed by atoms with E-state index in [4.69, 9.17) is 4.74 Å². The summed E-state index contributed by atoms with van der Waals surface area (Å²) in [6, 6.07) is 10.9. The number of nitrogens with zero attached hydrogens (tertiary/aromatic N) is 1. The van der Waals surface area contributed by atoms with Crippen molar-refractivity contribution in [2.75, 3.05) is 23.4 Å². The van der Waals surface area contributed by atoms with Crippen molar-refractivity contribution in [3.63, 3.8) is 0 Å². The van der Waals surface area contributed by atoms with Gasteiger partial charge in [0.2, 0.25) is 5.91 Å². The van der Waals surface area contributed by atoms with Crippen LogP contribution < -0.4 is 15.0 Å². The Hall–Kier alpha value is -2.89. The molecule has 0 saturated carbocycles. The molecule has 1 aliphatic rings. The summed E-state index contributed by atoms with van der Waals surface area (Å²) in [5.41, 5.74) is 0.377. The molecule has 0 unspecified atom stereocenters. The first kappa shape index (κ1) is 19.9. The van der Waals surface area contributed by atoms with Gasteiger partial charge >= 0.3 is 0 Å². The fourth-order valence-corrected chi connectivity index (χ4v) is 3.11. The highest BCUT2D eigenvalue weighted by molar-refractivity contribution is 6.05. The number of fused-ring (bicyclic) bond motifs is 1. The van der Waals surface area contributed by atoms with Gasteiger partial charge in [0.15, 0.2) is 0 Å². The molecule has 0 bridgehead atoms. The Balaban J connectivity index is 1.95. The summed E-state index contributed by atoms with van der Waals surface area (Å²) in [5, 5.41) is 2.71. The summed E-state index contributed by atoms with van der Waals surface area (Å²) in [6.45, 7) is 8.59. The Morgan fingerprint density at radius 3 is 2.64 bits per heavy atom. The summed E-state index contributed by atoms with van der Waals surface area (Å²) in [7, 11) is 0. The molecule has 2 amide bonds. The van der Waals surface area contributed by atoms with Gasteiger partial charge in [-0.15, -0.1) is 0 Å². The third-order valence-electron chi connectivity index (χ3n) is 4.59. The van der Waals surface area contributed by atoms with Crippen LogP contribution in [0.2, 0.25) is 0 Å². The van der Waals surface area contributed by atoms with Crippen molar-refractivity contribution in [1.29, 1.82) is 0 Å². The van der Waals surface area contributed by atoms with Gasteiger partial charge in [0, 0.05) is 12.2 Å². The van der Waals surface area contributed by atoms with Crippen molar-refractivity contribution < 1.29 is 18.7 Å². The highest BCUT2D eigenvalue weighted by Gasteiger charge is 2.38. The maximum absolute atomic E-state index is 13.9. The quantitative estimate of drug-likeness (QED) is 0.845. The number of halogens is 1. The first-order chi connectivity index (χ1) is 13.2. The van der Waals surface area contributed by atoms with Crippen LogP contribution >= 0.6 is 0 Å². The second kappa shape index (κ2) is 7.62. The minimum Gasteiger partial charge on any atom is -0.490 e. The zero-order valence-electron chi connectivity index (χ0n) is 16.6. The molecule has 0 aliphatic carbocycles. The maximum Gasteiger partial charge on any atom is 0.258 e. The van der Waals surface area contributed by atoms with Crippen LogP contribution in [0.25, 0.3) is 0 Å². The number of amides is 2. The first-order valence-electron chi connectivity index (χ1n) is 9.34. The minimum atomic E-state index is -0.662. The zero-order chi connectivity index (χ0) is 20.5. The predicted octanol–water partition coefficient (Wildman–Crippen LogP) is 4.49. The lowest BCUT2D eigenvalue weighted by molar-refractivity contribution is -0.127. The van der Waals surface area contributed by atoms with E-state index in [2.05, 4.69) is 5.32 Å². The van der Waals surface area contributed by atoms with Crippen molar-refractivity contribution in [3.05, 3.63) is 53.8 Å². The van der Waals surface area contributed by atoms with E-state index >= 15 is 0 Å². The van der Waals surface area contributed by atoms with Gasteiger partial charge in [-0.1, -0.05) is 26.0 Å². The van der Waals surface area contributed by atoms with Crippen LogP contribution in [0.3, 0.4) is 0 Å². The summed E-state index contributed by atoms with van der Waals surface area (Å²) < 4.78 is 19.8. The molecule has 2 aromatic rings. The highest BCUT2D eigenvalue weighted by Crippen LogP contribution is 2.38. The molecule has 0 aromatic heterocycles. The molecule has 28 heavy (non-hydrogen) atoms. The van der Waals surface area contributed by atoms with Crippen LogP contribution in [0.5, 0.6) is 5.75 Å². The Morgan fingerprint density at radius 1 is 1.25 bits per heavy atom. The van der Waals surface area contributed by atoms with Gasteiger partial charge in [0.05, 0.1) is 16.7 Å². The molecule has 0 saturated heterocycles. The van der Waals surface area contributed by atoms with E-state index in [1.54, 1.807) is 29.2 Å². The van der Waals surface area contributed by atoms with Gasteiger partial charge < -0.3 is 15.0 Å². The fraction of sp³-hybridized carbons (Fsp3) is 0.364. The van der Waals surface area contributed by atoms with Crippen LogP contribution in [0.15, 0.2) is 42.5 Å². The summed E-state index contributed by atoms with van der Waals surface area (Å²) in [6.07, 6.45) is 0. The lowest BCUT2D eigenvalue weighted by Crippen LogP contribution is -2.43. The average molecular weight is 384 g/mol. The van der Waals surface area contributed by atoms with E-state index in [1.165, 1.54) is 18.2 Å². The number of carbonyl (C=O) groups excluding carboxylic acids is 2. The van der Waals surface area contributed by atoms with Gasteiger partial charge in [-0.3, -0.25) is 9.59 Å². The van der Waals surface area contributed by atoms with Gasteiger partial charge in [0.1, 0.15) is 18.2 Å². The van der Waals surface area contributed by atoms with Crippen molar-refractivity contribution in [3.8, 4) is 5.75 Å². The number of hydrogen-bond donors (Lipinski definition) is 1. The fourth-order valence-electron chi connectivity index (χ4n) is 3.11. The van der Waals surface area contributed by atoms with E-state index in [-0.39, 0.29) is 24.0 Å². The first-order valence-corrected chi connectivity index (χ1v) is 9.34. The van der Waals surface area contributed by atoms with Crippen molar-refractivity contribution in [1.82, 2.24) is 0 Å². The molecule has 5 nitrogen and oxygen atoms in total. The molecule has 6 heteroatoms. The van der Waals surface area contributed by atoms with Crippen molar-refractivity contribution in [2.45, 2.75) is 27.7 Å². The second-order valence-corrected chi connectivity index (χ2v) is 8.10. The molecule has 0 radical (unpaired) electrons. The number of hydrogen-bond acceptors (Lipinski definition) is 3. The number of rotatable bonds is 4. The van der Waals surface area contributed by atoms with Gasteiger partial charge in [-0.2, -0.15) is 0 Å². The lowest BCUT2D eigenvalue weighted by atomic mass is 9.92. The Labute approximate surface area is 164 Å². The van der Waals surface area contributed by atoms with Crippen LogP contribution in [-0.4, -0.2) is 25.0 Å². The molecular weight excluding hydrogens is 359 g/mol. The third kappa shape index (κ3) is 4.01. The Bertz CT molecular complexity index is 908. The summed E-state index contributed by atoms with van der Waals surface area (Å²) >= 11 is 0. The van der Waals surface area contributed by atoms with E-state index < -0.39 is 17.1 Å². The lowest BCUT2D eigenvalue weighted by Gasteiger charge is -2.29. The number of benzene rings is 2. The SMILES string of the molecule is CC(C)CN1C(=O)C(C)(C)COc2ccc(NC(=O)c3ccccc3F)cc21. The van der Waals surface area contributed by atoms with Crippen LogP contribution in [0.1, 0.15) is 38.1 Å². The summed E-state index contributed by atoms with van der Waals surface area (Å²) in [5.74, 6) is -0.325. The minimum absolute atomic E-state index is 0.0301. The molecule has 1 heterocycles. The average Bonchev–Trinajstić information content (AvgIpc) is 2.72. The molecule has 0 atom stereocenters. The monoisotopic (exact) mass is 384 g/mol. The largest absolute Gasteiger partial charge is 0.490 e. The van der Waals surface area contributed by atoms with Crippen LogP contribution in [-0.2, 0) is 4.79 Å². The number of ether oxygens (including phenoxy) is 1. The van der Waals surface area contributed by atoms with Crippen LogP contribution in [0, 0.1) is 17.2 Å².